The maximum atomic E-state index is 11.0. The Balaban J connectivity index is 3.06. The third kappa shape index (κ3) is 2.88. The van der Waals surface area contributed by atoms with Crippen LogP contribution >= 0.6 is 24.2 Å². The highest BCUT2D eigenvalue weighted by Gasteiger charge is 2.10. The molecule has 0 unspecified atom stereocenters. The average Bonchev–Trinajstić information content (AvgIpc) is 2.22. The Bertz CT molecular complexity index is 440. The molecule has 0 N–H and O–H groups in total. The number of nitriles is 1. The molecular formula is C10H8ClNO2S. The normalized spacial score (nSPS) is 9.47. The fraction of sp³-hybridized carbons (Fsp3) is 0.200. The van der Waals surface area contributed by atoms with Gasteiger partial charge in [0.15, 0.2) is 0 Å². The molecule has 0 aliphatic carbocycles. The van der Waals surface area contributed by atoms with E-state index in [1.54, 1.807) is 6.07 Å². The van der Waals surface area contributed by atoms with Gasteiger partial charge in [0.2, 0.25) is 0 Å². The van der Waals surface area contributed by atoms with E-state index in [4.69, 9.17) is 16.9 Å². The summed E-state index contributed by atoms with van der Waals surface area (Å²) >= 11 is 9.98. The highest BCUT2D eigenvalue weighted by Crippen LogP contribution is 2.24. The quantitative estimate of drug-likeness (QED) is 0.638. The van der Waals surface area contributed by atoms with Gasteiger partial charge in [0.1, 0.15) is 6.07 Å². The van der Waals surface area contributed by atoms with Gasteiger partial charge >= 0.3 is 5.97 Å². The number of rotatable bonds is 2. The van der Waals surface area contributed by atoms with E-state index in [1.807, 2.05) is 6.07 Å². The molecule has 0 aliphatic heterocycles. The fourth-order valence-electron chi connectivity index (χ4n) is 1.06. The van der Waals surface area contributed by atoms with Gasteiger partial charge in [-0.3, -0.25) is 4.79 Å². The molecule has 0 heterocycles. The zero-order valence-corrected chi connectivity index (χ0v) is 9.60. The fourth-order valence-corrected chi connectivity index (χ4v) is 1.56. The van der Waals surface area contributed by atoms with Crippen molar-refractivity contribution in [3.05, 3.63) is 28.3 Å². The van der Waals surface area contributed by atoms with Gasteiger partial charge in [-0.15, -0.1) is 12.6 Å². The smallest absolute Gasteiger partial charge is 0.310 e. The average molecular weight is 242 g/mol. The SMILES string of the molecule is COC(=O)Cc1cc(Cl)c(C#N)cc1S. The van der Waals surface area contributed by atoms with E-state index in [0.717, 1.165) is 0 Å². The third-order valence-corrected chi connectivity index (χ3v) is 2.58. The zero-order chi connectivity index (χ0) is 11.4. The van der Waals surface area contributed by atoms with Crippen molar-refractivity contribution in [1.29, 1.82) is 5.26 Å². The summed E-state index contributed by atoms with van der Waals surface area (Å²) in [6.45, 7) is 0. The lowest BCUT2D eigenvalue weighted by Crippen LogP contribution is -2.05. The van der Waals surface area contributed by atoms with Crippen LogP contribution in [0.4, 0.5) is 0 Å². The number of methoxy groups -OCH3 is 1. The number of benzene rings is 1. The Morgan fingerprint density at radius 2 is 2.33 bits per heavy atom. The molecule has 15 heavy (non-hydrogen) atoms. The number of carbonyl (C=O) groups excluding carboxylic acids is 1. The first-order valence-corrected chi connectivity index (χ1v) is 4.89. The van der Waals surface area contributed by atoms with Crippen LogP contribution in [-0.4, -0.2) is 13.1 Å². The van der Waals surface area contributed by atoms with Crippen LogP contribution < -0.4 is 0 Å². The summed E-state index contributed by atoms with van der Waals surface area (Å²) in [5.41, 5.74) is 0.990. The van der Waals surface area contributed by atoms with Crippen molar-refractivity contribution in [3.8, 4) is 6.07 Å². The molecule has 0 saturated carbocycles. The molecule has 1 aromatic carbocycles. The molecule has 1 aromatic rings. The number of hydrogen-bond acceptors (Lipinski definition) is 4. The van der Waals surface area contributed by atoms with Crippen LogP contribution in [0.2, 0.25) is 5.02 Å². The van der Waals surface area contributed by atoms with Crippen molar-refractivity contribution in [1.82, 2.24) is 0 Å². The summed E-state index contributed by atoms with van der Waals surface area (Å²) in [7, 11) is 1.31. The Hall–Kier alpha value is -1.18. The van der Waals surface area contributed by atoms with Gasteiger partial charge in [-0.2, -0.15) is 5.26 Å². The molecule has 0 aromatic heterocycles. The van der Waals surface area contributed by atoms with Gasteiger partial charge in [0.05, 0.1) is 24.1 Å². The van der Waals surface area contributed by atoms with Crippen LogP contribution in [0.15, 0.2) is 17.0 Å². The minimum Gasteiger partial charge on any atom is -0.469 e. The van der Waals surface area contributed by atoms with Crippen molar-refractivity contribution in [2.45, 2.75) is 11.3 Å². The molecule has 3 nitrogen and oxygen atoms in total. The second-order valence-corrected chi connectivity index (χ2v) is 3.71. The molecule has 0 aliphatic rings. The standard InChI is InChI=1S/C10H8ClNO2S/c1-14-10(13)4-6-2-8(11)7(5-12)3-9(6)15/h2-3,15H,4H2,1H3. The molecule has 0 fully saturated rings. The molecule has 0 saturated heterocycles. The van der Waals surface area contributed by atoms with Crippen LogP contribution in [0.25, 0.3) is 0 Å². The van der Waals surface area contributed by atoms with E-state index in [9.17, 15) is 4.79 Å². The molecule has 0 radical (unpaired) electrons. The summed E-state index contributed by atoms with van der Waals surface area (Å²) in [5, 5.41) is 9.02. The second-order valence-electron chi connectivity index (χ2n) is 2.83. The largest absolute Gasteiger partial charge is 0.469 e. The van der Waals surface area contributed by atoms with E-state index in [-0.39, 0.29) is 12.4 Å². The van der Waals surface area contributed by atoms with Gasteiger partial charge in [-0.25, -0.2) is 0 Å². The number of halogens is 1. The molecular weight excluding hydrogens is 234 g/mol. The number of hydrogen-bond donors (Lipinski definition) is 1. The second kappa shape index (κ2) is 5.06. The van der Waals surface area contributed by atoms with Crippen LogP contribution in [0.3, 0.4) is 0 Å². The summed E-state index contributed by atoms with van der Waals surface area (Å²) in [5.74, 6) is -0.369. The summed E-state index contributed by atoms with van der Waals surface area (Å²) in [4.78, 5) is 11.6. The molecule has 5 heteroatoms. The maximum Gasteiger partial charge on any atom is 0.310 e. The Morgan fingerprint density at radius 3 is 2.87 bits per heavy atom. The summed E-state index contributed by atoms with van der Waals surface area (Å²) in [6, 6.07) is 5.02. The van der Waals surface area contributed by atoms with Crippen LogP contribution in [-0.2, 0) is 16.0 Å². The highest BCUT2D eigenvalue weighted by molar-refractivity contribution is 7.80. The molecule has 0 amide bonds. The number of thiol groups is 1. The number of esters is 1. The molecule has 0 bridgehead atoms. The minimum absolute atomic E-state index is 0.0980. The van der Waals surface area contributed by atoms with Crippen LogP contribution in [0.1, 0.15) is 11.1 Å². The molecule has 78 valence electrons. The summed E-state index contributed by atoms with van der Waals surface area (Å²) < 4.78 is 4.52. The first-order chi connectivity index (χ1) is 7.08. The van der Waals surface area contributed by atoms with Crippen LogP contribution in [0.5, 0.6) is 0 Å². The topological polar surface area (TPSA) is 50.1 Å². The van der Waals surface area contributed by atoms with Gasteiger partial charge < -0.3 is 4.74 Å². The zero-order valence-electron chi connectivity index (χ0n) is 7.95. The Morgan fingerprint density at radius 1 is 1.67 bits per heavy atom. The van der Waals surface area contributed by atoms with Crippen molar-refractivity contribution >= 4 is 30.2 Å². The van der Waals surface area contributed by atoms with E-state index in [2.05, 4.69) is 17.4 Å². The maximum absolute atomic E-state index is 11.0. The monoisotopic (exact) mass is 241 g/mol. The van der Waals surface area contributed by atoms with E-state index < -0.39 is 0 Å². The number of carbonyl (C=O) groups is 1. The lowest BCUT2D eigenvalue weighted by atomic mass is 10.1. The van der Waals surface area contributed by atoms with Gasteiger partial charge in [-0.1, -0.05) is 11.6 Å². The first kappa shape index (κ1) is 11.9. The minimum atomic E-state index is -0.369. The number of ether oxygens (including phenoxy) is 1. The lowest BCUT2D eigenvalue weighted by molar-refractivity contribution is -0.139. The van der Waals surface area contributed by atoms with E-state index in [1.165, 1.54) is 13.2 Å². The Kier molecular flexibility index (Phi) is 4.01. The van der Waals surface area contributed by atoms with Crippen molar-refractivity contribution in [3.63, 3.8) is 0 Å². The molecule has 1 rings (SSSR count). The van der Waals surface area contributed by atoms with E-state index in [0.29, 0.717) is 21.0 Å². The van der Waals surface area contributed by atoms with Gasteiger partial charge in [-0.05, 0) is 17.7 Å². The molecule has 0 spiro atoms. The van der Waals surface area contributed by atoms with Crippen LogP contribution in [0, 0.1) is 11.3 Å². The predicted octanol–water partition coefficient (Wildman–Crippen LogP) is 2.22. The third-order valence-electron chi connectivity index (χ3n) is 1.85. The summed E-state index contributed by atoms with van der Waals surface area (Å²) in [6.07, 6.45) is 0.0980. The Labute approximate surface area is 98.0 Å². The molecule has 0 atom stereocenters. The predicted molar refractivity (Wildman–Crippen MR) is 59.1 cm³/mol. The van der Waals surface area contributed by atoms with Crippen molar-refractivity contribution < 1.29 is 9.53 Å². The van der Waals surface area contributed by atoms with Gasteiger partial charge in [0.25, 0.3) is 0 Å². The van der Waals surface area contributed by atoms with Crippen molar-refractivity contribution in [2.24, 2.45) is 0 Å². The van der Waals surface area contributed by atoms with Crippen molar-refractivity contribution in [2.75, 3.05) is 7.11 Å². The highest BCUT2D eigenvalue weighted by atomic mass is 35.5. The lowest BCUT2D eigenvalue weighted by Gasteiger charge is -2.05. The number of nitrogens with zero attached hydrogens (tertiary/aromatic N) is 1. The first-order valence-electron chi connectivity index (χ1n) is 4.06. The van der Waals surface area contributed by atoms with Gasteiger partial charge in [0, 0.05) is 4.90 Å². The van der Waals surface area contributed by atoms with E-state index >= 15 is 0 Å².